The van der Waals surface area contributed by atoms with Gasteiger partial charge in [-0.25, -0.2) is 0 Å². The maximum atomic E-state index is 11.8. The van der Waals surface area contributed by atoms with Crippen molar-refractivity contribution in [3.8, 4) is 0 Å². The number of fused-ring (bicyclic) bond motifs is 1. The molecular formula is C36H53N5O3. The van der Waals surface area contributed by atoms with Gasteiger partial charge >= 0.3 is 0 Å². The van der Waals surface area contributed by atoms with Gasteiger partial charge in [0.2, 0.25) is 12.3 Å². The highest BCUT2D eigenvalue weighted by molar-refractivity contribution is 5.77. The van der Waals surface area contributed by atoms with Crippen molar-refractivity contribution in [3.05, 3.63) is 101 Å². The molecule has 1 aromatic heterocycles. The summed E-state index contributed by atoms with van der Waals surface area (Å²) in [5.41, 5.74) is 15.2. The Hall–Kier alpha value is -3.59. The Morgan fingerprint density at radius 2 is 1.43 bits per heavy atom. The number of primary amides is 2. The highest BCUT2D eigenvalue weighted by atomic mass is 16.3. The first-order chi connectivity index (χ1) is 21.4. The van der Waals surface area contributed by atoms with Gasteiger partial charge in [0.05, 0.1) is 6.10 Å². The van der Waals surface area contributed by atoms with Crippen LogP contribution in [-0.2, 0) is 35.4 Å². The number of piperazine rings is 1. The van der Waals surface area contributed by atoms with E-state index in [0.29, 0.717) is 19.4 Å². The molecule has 8 nitrogen and oxygen atoms in total. The molecule has 2 amide bonds. The second-order valence-corrected chi connectivity index (χ2v) is 11.4. The number of rotatable bonds is 10. The number of amides is 2. The lowest BCUT2D eigenvalue weighted by Crippen LogP contribution is -2.48. The number of aryl methyl sites for hydroxylation is 2. The Morgan fingerprint density at radius 1 is 0.886 bits per heavy atom. The summed E-state index contributed by atoms with van der Waals surface area (Å²) >= 11 is 0. The number of aliphatic hydroxyl groups excluding tert-OH is 1. The third-order valence-corrected chi connectivity index (χ3v) is 7.86. The minimum absolute atomic E-state index is 0.250. The largest absolute Gasteiger partial charge is 0.392 e. The lowest BCUT2D eigenvalue weighted by molar-refractivity contribution is -0.123. The molecule has 0 saturated carbocycles. The van der Waals surface area contributed by atoms with E-state index in [9.17, 15) is 9.90 Å². The third-order valence-electron chi connectivity index (χ3n) is 7.86. The van der Waals surface area contributed by atoms with Crippen molar-refractivity contribution in [2.45, 2.75) is 71.4 Å². The van der Waals surface area contributed by atoms with E-state index >= 15 is 0 Å². The zero-order valence-electron chi connectivity index (χ0n) is 26.7. The van der Waals surface area contributed by atoms with Crippen molar-refractivity contribution in [2.75, 3.05) is 32.7 Å². The lowest BCUT2D eigenvalue weighted by Gasteiger charge is -2.35. The second kappa shape index (κ2) is 22.0. The maximum Gasteiger partial charge on any atom is 0.220 e. The number of β-amino-alcohol motifs (C(OH)–C–C–N with tert-alkyl or cyclic N) is 1. The fraction of sp³-hybridized carbons (Fsp3) is 0.472. The van der Waals surface area contributed by atoms with Crippen LogP contribution in [0.15, 0.2) is 79.1 Å². The summed E-state index contributed by atoms with van der Waals surface area (Å²) in [4.78, 5) is 29.3. The molecular weight excluding hydrogens is 550 g/mol. The minimum Gasteiger partial charge on any atom is -0.392 e. The van der Waals surface area contributed by atoms with E-state index in [2.05, 4.69) is 64.7 Å². The van der Waals surface area contributed by atoms with E-state index in [0.717, 1.165) is 38.3 Å². The van der Waals surface area contributed by atoms with Crippen LogP contribution in [0.4, 0.5) is 0 Å². The first-order valence-corrected chi connectivity index (χ1v) is 16.0. The Balaban J connectivity index is 0.000000343. The smallest absolute Gasteiger partial charge is 0.220 e. The summed E-state index contributed by atoms with van der Waals surface area (Å²) < 4.78 is 0. The van der Waals surface area contributed by atoms with Crippen LogP contribution in [-0.4, -0.2) is 71.0 Å². The molecule has 0 unspecified atom stereocenters. The number of pyridine rings is 1. The summed E-state index contributed by atoms with van der Waals surface area (Å²) in [7, 11) is 0. The van der Waals surface area contributed by atoms with Gasteiger partial charge in [-0.3, -0.25) is 24.4 Å². The van der Waals surface area contributed by atoms with E-state index in [-0.39, 0.29) is 18.2 Å². The average molecular weight is 604 g/mol. The molecule has 5 N–H and O–H groups in total. The number of nitrogens with two attached hydrogens (primary N) is 2. The number of nitrogens with zero attached hydrogens (tertiary/aromatic N) is 3. The van der Waals surface area contributed by atoms with Crippen molar-refractivity contribution < 1.29 is 14.7 Å². The summed E-state index contributed by atoms with van der Waals surface area (Å²) in [5, 5.41) is 10.5. The van der Waals surface area contributed by atoms with Crippen LogP contribution < -0.4 is 11.5 Å². The van der Waals surface area contributed by atoms with E-state index in [1.165, 1.54) is 37.7 Å². The molecule has 2 aromatic carbocycles. The SMILES string of the molecule is CCCC.NC(=O)[C@H](Cc1ccccc1)C[C@H](O)CN1CCN(Cc2cccnc2)CC1.NC=O.c1ccc2c(c1)CCC2. The normalized spacial score (nSPS) is 15.5. The summed E-state index contributed by atoms with van der Waals surface area (Å²) in [6.45, 7) is 9.61. The zero-order chi connectivity index (χ0) is 32.0. The first kappa shape index (κ1) is 36.6. The van der Waals surface area contributed by atoms with Crippen LogP contribution in [0.3, 0.4) is 0 Å². The molecule has 1 aliphatic carbocycles. The van der Waals surface area contributed by atoms with Gasteiger partial charge in [-0.1, -0.05) is 87.4 Å². The minimum atomic E-state index is -0.550. The molecule has 3 aromatic rings. The number of aliphatic hydroxyl groups is 1. The average Bonchev–Trinajstić information content (AvgIpc) is 3.53. The molecule has 1 fully saturated rings. The lowest BCUT2D eigenvalue weighted by atomic mass is 9.93. The van der Waals surface area contributed by atoms with Gasteiger partial charge in [-0.2, -0.15) is 0 Å². The maximum absolute atomic E-state index is 11.8. The first-order valence-electron chi connectivity index (χ1n) is 16.0. The van der Waals surface area contributed by atoms with Crippen molar-refractivity contribution in [3.63, 3.8) is 0 Å². The van der Waals surface area contributed by atoms with E-state index < -0.39 is 6.10 Å². The highest BCUT2D eigenvalue weighted by Gasteiger charge is 2.24. The summed E-state index contributed by atoms with van der Waals surface area (Å²) in [5.74, 6) is -0.687. The van der Waals surface area contributed by atoms with Gasteiger partial charge in [0.15, 0.2) is 0 Å². The molecule has 240 valence electrons. The monoisotopic (exact) mass is 603 g/mol. The van der Waals surface area contributed by atoms with Gasteiger partial charge in [0, 0.05) is 57.6 Å². The Morgan fingerprint density at radius 3 is 1.95 bits per heavy atom. The topological polar surface area (TPSA) is 126 Å². The van der Waals surface area contributed by atoms with E-state index in [1.807, 2.05) is 42.6 Å². The molecule has 1 saturated heterocycles. The zero-order valence-corrected chi connectivity index (χ0v) is 26.7. The van der Waals surface area contributed by atoms with E-state index in [1.54, 1.807) is 17.3 Å². The number of unbranched alkanes of at least 4 members (excludes halogenated alkanes) is 1. The van der Waals surface area contributed by atoms with Gasteiger partial charge in [0.25, 0.3) is 0 Å². The second-order valence-electron chi connectivity index (χ2n) is 11.4. The molecule has 2 heterocycles. The Labute approximate surface area is 264 Å². The number of hydrogen-bond donors (Lipinski definition) is 3. The molecule has 8 heteroatoms. The van der Waals surface area contributed by atoms with Crippen LogP contribution in [0.1, 0.15) is 61.8 Å². The molecule has 0 spiro atoms. The number of carbonyl (C=O) groups excluding carboxylic acids is 2. The van der Waals surface area contributed by atoms with Gasteiger partial charge in [0.1, 0.15) is 0 Å². The van der Waals surface area contributed by atoms with Crippen LogP contribution in [0.5, 0.6) is 0 Å². The van der Waals surface area contributed by atoms with Gasteiger partial charge in [-0.05, 0) is 60.4 Å². The molecule has 2 aliphatic rings. The molecule has 5 rings (SSSR count). The van der Waals surface area contributed by atoms with Crippen molar-refractivity contribution in [1.29, 1.82) is 0 Å². The predicted molar refractivity (Wildman–Crippen MR) is 179 cm³/mol. The van der Waals surface area contributed by atoms with Crippen molar-refractivity contribution in [2.24, 2.45) is 17.4 Å². The van der Waals surface area contributed by atoms with Crippen LogP contribution in [0.25, 0.3) is 0 Å². The van der Waals surface area contributed by atoms with Crippen LogP contribution in [0.2, 0.25) is 0 Å². The predicted octanol–water partition coefficient (Wildman–Crippen LogP) is 4.38. The van der Waals surface area contributed by atoms with Crippen LogP contribution in [0, 0.1) is 5.92 Å². The molecule has 2 atom stereocenters. The summed E-state index contributed by atoms with van der Waals surface area (Å²) in [6, 6.07) is 22.6. The Kier molecular flexibility index (Phi) is 18.3. The van der Waals surface area contributed by atoms with Crippen LogP contribution >= 0.6 is 0 Å². The molecule has 0 radical (unpaired) electrons. The van der Waals surface area contributed by atoms with Gasteiger partial charge in [-0.15, -0.1) is 0 Å². The Bertz CT molecular complexity index is 1150. The van der Waals surface area contributed by atoms with Gasteiger partial charge < -0.3 is 16.6 Å². The fourth-order valence-corrected chi connectivity index (χ4v) is 5.29. The quantitative estimate of drug-likeness (QED) is 0.296. The number of aromatic nitrogens is 1. The van der Waals surface area contributed by atoms with Crippen molar-refractivity contribution >= 4 is 12.3 Å². The summed E-state index contributed by atoms with van der Waals surface area (Å²) in [6.07, 6.45) is 11.0. The third kappa shape index (κ3) is 14.7. The molecule has 44 heavy (non-hydrogen) atoms. The highest BCUT2D eigenvalue weighted by Crippen LogP contribution is 2.20. The number of benzene rings is 2. The van der Waals surface area contributed by atoms with E-state index in [4.69, 9.17) is 10.5 Å². The fourth-order valence-electron chi connectivity index (χ4n) is 5.29. The molecule has 0 bridgehead atoms. The standard InChI is InChI=1S/C22H30N4O2.C9H10.C4H10.CH3NO/c23-22(28)20(13-18-5-2-1-3-6-18)14-21(27)17-26-11-9-25(10-12-26)16-19-7-4-8-24-15-19;1-2-5-9-7-3-6-8(9)4-1;1-3-4-2;2-1-3/h1-8,15,20-21,27H,9-14,16-17H2,(H2,23,28);1-2,4-5H,3,6-7H2;3-4H2,1-2H3;1H,(H2,2,3)/t20-,21+;;;/m1.../s1. The van der Waals surface area contributed by atoms with Crippen molar-refractivity contribution in [1.82, 2.24) is 14.8 Å². The number of hydrogen-bond acceptors (Lipinski definition) is 6. The number of carbonyl (C=O) groups is 2. The molecule has 1 aliphatic heterocycles.